The van der Waals surface area contributed by atoms with Crippen molar-refractivity contribution in [3.8, 4) is 0 Å². The Balaban J connectivity index is 2.27. The molecule has 1 atom stereocenters. The van der Waals surface area contributed by atoms with Crippen LogP contribution in [0.5, 0.6) is 0 Å². The molecule has 0 amide bonds. The molecule has 2 rings (SSSR count). The fourth-order valence-electron chi connectivity index (χ4n) is 1.77. The van der Waals surface area contributed by atoms with Crippen LogP contribution in [-0.2, 0) is 4.74 Å². The molecule has 0 aliphatic carbocycles. The fraction of sp³-hybridized carbons (Fsp3) is 0.500. The first-order chi connectivity index (χ1) is 7.72. The largest absolute Gasteiger partial charge is 0.396 e. The summed E-state index contributed by atoms with van der Waals surface area (Å²) in [6.07, 6.45) is 1.70. The van der Waals surface area contributed by atoms with E-state index in [1.165, 1.54) is 0 Å². The smallest absolute Gasteiger partial charge is 0.152 e. The molecule has 0 bridgehead atoms. The summed E-state index contributed by atoms with van der Waals surface area (Å²) in [6.45, 7) is 1.88. The molecule has 0 spiro atoms. The highest BCUT2D eigenvalue weighted by Gasteiger charge is 2.24. The number of hydrogen-bond acceptors (Lipinski definition) is 5. The lowest BCUT2D eigenvalue weighted by atomic mass is 10.2. The quantitative estimate of drug-likeness (QED) is 0.835. The molecule has 0 saturated carbocycles. The van der Waals surface area contributed by atoms with Gasteiger partial charge in [-0.3, -0.25) is 0 Å². The molecule has 1 unspecified atom stereocenters. The van der Waals surface area contributed by atoms with E-state index < -0.39 is 0 Å². The molecule has 1 saturated heterocycles. The monoisotopic (exact) mass is 287 g/mol. The number of ether oxygens (including phenoxy) is 1. The summed E-state index contributed by atoms with van der Waals surface area (Å²) in [6, 6.07) is 1.75. The first-order valence-electron chi connectivity index (χ1n) is 5.08. The van der Waals surface area contributed by atoms with E-state index in [2.05, 4.69) is 20.9 Å². The van der Waals surface area contributed by atoms with Crippen LogP contribution in [0, 0.1) is 0 Å². The molecule has 1 fully saturated rings. The minimum absolute atomic E-state index is 0.0389. The predicted octanol–water partition coefficient (Wildman–Crippen LogP) is 0.624. The molecular weight excluding hydrogens is 274 g/mol. The second-order valence-electron chi connectivity index (χ2n) is 3.67. The van der Waals surface area contributed by atoms with Gasteiger partial charge in [0.2, 0.25) is 0 Å². The van der Waals surface area contributed by atoms with Crippen molar-refractivity contribution in [3.63, 3.8) is 0 Å². The van der Waals surface area contributed by atoms with Crippen molar-refractivity contribution in [3.05, 3.63) is 16.7 Å². The highest BCUT2D eigenvalue weighted by Crippen LogP contribution is 2.26. The normalized spacial score (nSPS) is 21.1. The molecule has 1 aromatic heterocycles. The maximum absolute atomic E-state index is 9.27. The van der Waals surface area contributed by atoms with Crippen molar-refractivity contribution in [2.75, 3.05) is 37.0 Å². The van der Waals surface area contributed by atoms with E-state index in [-0.39, 0.29) is 12.6 Å². The fourth-order valence-corrected chi connectivity index (χ4v) is 2.12. The summed E-state index contributed by atoms with van der Waals surface area (Å²) in [4.78, 5) is 6.28. The number of aromatic nitrogens is 1. The van der Waals surface area contributed by atoms with Gasteiger partial charge in [0.1, 0.15) is 0 Å². The number of morpholine rings is 1. The second kappa shape index (κ2) is 4.99. The highest BCUT2D eigenvalue weighted by atomic mass is 79.9. The van der Waals surface area contributed by atoms with Crippen LogP contribution in [0.2, 0.25) is 0 Å². The number of aliphatic hydroxyl groups excluding tert-OH is 1. The number of anilines is 2. The number of nitrogens with zero attached hydrogens (tertiary/aromatic N) is 2. The Morgan fingerprint density at radius 2 is 2.50 bits per heavy atom. The minimum atomic E-state index is -0.0651. The van der Waals surface area contributed by atoms with Crippen molar-refractivity contribution in [1.29, 1.82) is 0 Å². The van der Waals surface area contributed by atoms with E-state index in [1.54, 1.807) is 6.20 Å². The van der Waals surface area contributed by atoms with Gasteiger partial charge in [-0.2, -0.15) is 0 Å². The number of halogens is 1. The Morgan fingerprint density at radius 3 is 3.19 bits per heavy atom. The van der Waals surface area contributed by atoms with E-state index >= 15 is 0 Å². The van der Waals surface area contributed by atoms with Crippen LogP contribution >= 0.6 is 15.9 Å². The molecule has 2 heterocycles. The minimum Gasteiger partial charge on any atom is -0.396 e. The van der Waals surface area contributed by atoms with Gasteiger partial charge in [-0.15, -0.1) is 0 Å². The lowest BCUT2D eigenvalue weighted by Gasteiger charge is -2.35. The summed E-state index contributed by atoms with van der Waals surface area (Å²) >= 11 is 3.32. The van der Waals surface area contributed by atoms with E-state index in [1.807, 2.05) is 11.0 Å². The molecule has 3 N–H and O–H groups in total. The summed E-state index contributed by atoms with van der Waals surface area (Å²) in [7, 11) is 0. The SMILES string of the molecule is Nc1cc(Br)cnc1N1CCOCC1CO. The molecule has 1 aromatic rings. The zero-order valence-electron chi connectivity index (χ0n) is 8.77. The van der Waals surface area contributed by atoms with Gasteiger partial charge in [0.15, 0.2) is 5.82 Å². The van der Waals surface area contributed by atoms with Crippen molar-refractivity contribution in [2.45, 2.75) is 6.04 Å². The lowest BCUT2D eigenvalue weighted by molar-refractivity contribution is 0.0723. The predicted molar refractivity (Wildman–Crippen MR) is 65.4 cm³/mol. The van der Waals surface area contributed by atoms with Crippen molar-refractivity contribution in [1.82, 2.24) is 4.98 Å². The van der Waals surface area contributed by atoms with Crippen LogP contribution in [0.25, 0.3) is 0 Å². The van der Waals surface area contributed by atoms with Gasteiger partial charge in [0, 0.05) is 17.2 Å². The average molecular weight is 288 g/mol. The van der Waals surface area contributed by atoms with Crippen LogP contribution in [0.4, 0.5) is 11.5 Å². The van der Waals surface area contributed by atoms with Crippen LogP contribution in [0.15, 0.2) is 16.7 Å². The number of rotatable bonds is 2. The van der Waals surface area contributed by atoms with E-state index in [9.17, 15) is 5.11 Å². The molecule has 5 nitrogen and oxygen atoms in total. The van der Waals surface area contributed by atoms with Gasteiger partial charge < -0.3 is 20.5 Å². The molecular formula is C10H14BrN3O2. The summed E-state index contributed by atoms with van der Waals surface area (Å²) in [5.41, 5.74) is 6.52. The molecule has 88 valence electrons. The third-order valence-corrected chi connectivity index (χ3v) is 3.01. The van der Waals surface area contributed by atoms with Gasteiger partial charge >= 0.3 is 0 Å². The average Bonchev–Trinajstić information content (AvgIpc) is 2.29. The van der Waals surface area contributed by atoms with Crippen molar-refractivity contribution in [2.24, 2.45) is 0 Å². The van der Waals surface area contributed by atoms with E-state index in [0.717, 1.165) is 4.47 Å². The van der Waals surface area contributed by atoms with Crippen LogP contribution in [-0.4, -0.2) is 42.5 Å². The molecule has 0 radical (unpaired) electrons. The number of nitrogens with two attached hydrogens (primary N) is 1. The Bertz CT molecular complexity index is 375. The van der Waals surface area contributed by atoms with Crippen molar-refractivity contribution >= 4 is 27.4 Å². The summed E-state index contributed by atoms with van der Waals surface area (Å²) < 4.78 is 6.16. The Morgan fingerprint density at radius 1 is 1.69 bits per heavy atom. The van der Waals surface area contributed by atoms with Gasteiger partial charge in [0.05, 0.1) is 31.5 Å². The van der Waals surface area contributed by atoms with E-state index in [4.69, 9.17) is 10.5 Å². The molecule has 6 heteroatoms. The molecule has 1 aliphatic rings. The van der Waals surface area contributed by atoms with Crippen LogP contribution < -0.4 is 10.6 Å². The molecule has 16 heavy (non-hydrogen) atoms. The summed E-state index contributed by atoms with van der Waals surface area (Å²) in [5.74, 6) is 0.713. The maximum atomic E-state index is 9.27. The number of nitrogen functional groups attached to an aromatic ring is 1. The van der Waals surface area contributed by atoms with Gasteiger partial charge in [-0.25, -0.2) is 4.98 Å². The summed E-state index contributed by atoms with van der Waals surface area (Å²) in [5, 5.41) is 9.27. The topological polar surface area (TPSA) is 71.6 Å². The van der Waals surface area contributed by atoms with E-state index in [0.29, 0.717) is 31.3 Å². The maximum Gasteiger partial charge on any atom is 0.152 e. The van der Waals surface area contributed by atoms with Crippen LogP contribution in [0.1, 0.15) is 0 Å². The zero-order valence-corrected chi connectivity index (χ0v) is 10.4. The zero-order chi connectivity index (χ0) is 11.5. The standard InChI is InChI=1S/C10H14BrN3O2/c11-7-3-9(12)10(13-4-7)14-1-2-16-6-8(14)5-15/h3-4,8,15H,1-2,5-6,12H2. The Kier molecular flexibility index (Phi) is 3.63. The van der Waals surface area contributed by atoms with Gasteiger partial charge in [-0.1, -0.05) is 0 Å². The van der Waals surface area contributed by atoms with Gasteiger partial charge in [0.25, 0.3) is 0 Å². The van der Waals surface area contributed by atoms with Gasteiger partial charge in [-0.05, 0) is 22.0 Å². The number of pyridine rings is 1. The number of aliphatic hydroxyl groups is 1. The number of hydrogen-bond donors (Lipinski definition) is 2. The molecule has 1 aliphatic heterocycles. The van der Waals surface area contributed by atoms with Crippen LogP contribution in [0.3, 0.4) is 0 Å². The first kappa shape index (κ1) is 11.6. The first-order valence-corrected chi connectivity index (χ1v) is 5.88. The third kappa shape index (κ3) is 2.28. The second-order valence-corrected chi connectivity index (χ2v) is 4.59. The third-order valence-electron chi connectivity index (χ3n) is 2.57. The Labute approximate surface area is 102 Å². The highest BCUT2D eigenvalue weighted by molar-refractivity contribution is 9.10. The Hall–Kier alpha value is -0.850. The van der Waals surface area contributed by atoms with Crippen molar-refractivity contribution < 1.29 is 9.84 Å². The lowest BCUT2D eigenvalue weighted by Crippen LogP contribution is -2.48. The molecule has 0 aromatic carbocycles.